The number of hydrogen-bond donors (Lipinski definition) is 6. The first kappa shape index (κ1) is 81.8. The first-order chi connectivity index (χ1) is 49.1. The zero-order valence-corrected chi connectivity index (χ0v) is 64.4. The van der Waals surface area contributed by atoms with E-state index < -0.39 is 49.0 Å². The summed E-state index contributed by atoms with van der Waals surface area (Å²) in [6.45, 7) is 13.2. The Hall–Kier alpha value is -3.72. The zero-order valence-electron chi connectivity index (χ0n) is 61.0. The molecule has 0 aliphatic heterocycles. The number of carbonyl (C=O) groups is 2. The van der Waals surface area contributed by atoms with Crippen LogP contribution in [0.4, 0.5) is 0 Å². The molecule has 24 heteroatoms. The maximum Gasteiger partial charge on any atom is 0.478 e. The summed E-state index contributed by atoms with van der Waals surface area (Å²) in [5.74, 6) is 4.17. The van der Waals surface area contributed by atoms with Crippen LogP contribution < -0.4 is 0 Å². The number of halogens is 1. The van der Waals surface area contributed by atoms with E-state index in [9.17, 15) is 43.7 Å². The minimum absolute atomic E-state index is 0.0289. The lowest BCUT2D eigenvalue weighted by atomic mass is 9.43. The fraction of sp³-hybridized carbons (Fsp3) is 0.671. The van der Waals surface area contributed by atoms with Crippen LogP contribution in [0.1, 0.15) is 192 Å². The molecule has 8 aliphatic carbocycles. The molecule has 4 aromatic carbocycles. The second kappa shape index (κ2) is 36.2. The summed E-state index contributed by atoms with van der Waals surface area (Å²) in [7, 11) is -12.4. The molecule has 0 radical (unpaired) electrons. The van der Waals surface area contributed by atoms with Crippen LogP contribution in [0.25, 0.3) is 0 Å². The average molecular weight is 1510 g/mol. The highest BCUT2D eigenvalue weighted by molar-refractivity contribution is 7.48. The van der Waals surface area contributed by atoms with E-state index in [-0.39, 0.29) is 91.4 Å². The van der Waals surface area contributed by atoms with Crippen LogP contribution in [0, 0.1) is 92.7 Å². The lowest BCUT2D eigenvalue weighted by molar-refractivity contribution is -0.174. The van der Waals surface area contributed by atoms with Gasteiger partial charge in [0.15, 0.2) is 0 Å². The van der Waals surface area contributed by atoms with Crippen molar-refractivity contribution in [3.63, 3.8) is 0 Å². The van der Waals surface area contributed by atoms with Gasteiger partial charge in [0.1, 0.15) is 6.07 Å². The molecule has 20 atom stereocenters. The smallest absolute Gasteiger partial charge is 0.438 e. The van der Waals surface area contributed by atoms with E-state index >= 15 is 0 Å². The topological polar surface area (TPSA) is 290 Å². The van der Waals surface area contributed by atoms with Gasteiger partial charge >= 0.3 is 35.4 Å². The quantitative estimate of drug-likeness (QED) is 0.0133. The molecule has 0 saturated heterocycles. The fourth-order valence-electron chi connectivity index (χ4n) is 21.1. The minimum Gasteiger partial charge on any atom is -0.438 e. The third-order valence-corrected chi connectivity index (χ3v) is 29.8. The number of aliphatic hydroxyl groups excluding tert-OH is 4. The van der Waals surface area contributed by atoms with Crippen LogP contribution >= 0.6 is 35.1 Å². The number of hydrogen-bond acceptors (Lipinski definition) is 18. The average Bonchev–Trinajstić information content (AvgIpc) is 1.68. The van der Waals surface area contributed by atoms with Crippen molar-refractivity contribution < 1.29 is 94.6 Å². The van der Waals surface area contributed by atoms with Gasteiger partial charge in [-0.05, 0) is 231 Å². The predicted octanol–water partition coefficient (Wildman–Crippen LogP) is 17.2. The first-order valence-corrected chi connectivity index (χ1v) is 42.6. The van der Waals surface area contributed by atoms with Gasteiger partial charge in [-0.15, -0.1) is 0 Å². The SMILES string of the molecule is C[C@H](CCC(=O)OCOP(=O)(O)O)[C@H]1CC[C@H]2[C@@H]3[C@@H](O)C[C@@H]4C[C@H](O)CC[C@]4(C)[C@H]3CC[C@]12C.C[C@H](CCC(=O)OCOP(=O)(OCc1ccccc1)OCc1ccccc1)[C@H]1CC[C@H]2[C@@H]3[C@@H](O)C[C@@H]4C[C@H](O)CC[C@]4(C)[C@H]3CC[C@]12C.O=P(OCCl)(OCc1ccccc1)OCc1ccccc1. The van der Waals surface area contributed by atoms with Crippen LogP contribution in [0.3, 0.4) is 0 Å². The Kier molecular flexibility index (Phi) is 28.7. The molecule has 0 amide bonds. The first-order valence-electron chi connectivity index (χ1n) is 37.6. The van der Waals surface area contributed by atoms with Crippen LogP contribution in [0.2, 0.25) is 0 Å². The Morgan fingerprint density at radius 3 is 1.10 bits per heavy atom. The molecule has 8 saturated carbocycles. The van der Waals surface area contributed by atoms with Crippen molar-refractivity contribution in [3.8, 4) is 0 Å². The molecule has 8 fully saturated rings. The highest BCUT2D eigenvalue weighted by Gasteiger charge is 2.65. The van der Waals surface area contributed by atoms with Crippen LogP contribution in [-0.2, 0) is 90.9 Å². The van der Waals surface area contributed by atoms with Crippen molar-refractivity contribution in [2.24, 2.45) is 92.7 Å². The minimum atomic E-state index is -4.65. The maximum atomic E-state index is 13.5. The van der Waals surface area contributed by atoms with Crippen LogP contribution in [0.5, 0.6) is 0 Å². The third-order valence-electron chi connectivity index (χ3n) is 26.4. The standard InChI is InChI=1S/C39H55O8P.C25H43O8P.C15H16ClO4P/c1-27(32-15-16-33-37-34(19-21-39(32,33)3)38(2)20-18-31(40)22-30(38)23-35(37)41)14-17-36(42)44-26-47-48(43,45-24-28-10-6-4-7-11-28)46-25-29-12-8-5-9-13-29;1-15(4-7-22(28)32-14-33-34(29,30)31)18-5-6-19-23-20(9-11-25(18,19)3)24(2)10-8-17(26)12-16(24)13-21(23)27;16-13-20-21(17,18-11-14-7-3-1-4-8-14)19-12-15-9-5-2-6-10-15/h4-13,27,30-35,37,40-41H,14-26H2,1-3H3;15-21,23,26-27H,4-14H2,1-3H3,(H2,29,30,31);1-10H,11-13H2/t27-,30+,31-,32-,33+,34+,35+,37+,38+,39-;15-,16+,17-,18-,19+,20+,21+,23+,24+,25-;/m11./s1. The van der Waals surface area contributed by atoms with E-state index in [4.69, 9.17) is 58.0 Å². The maximum absolute atomic E-state index is 13.5. The number of ether oxygens (including phenoxy) is 2. The van der Waals surface area contributed by atoms with Crippen molar-refractivity contribution in [2.75, 3.05) is 19.7 Å². The summed E-state index contributed by atoms with van der Waals surface area (Å²) >= 11 is 5.49. The van der Waals surface area contributed by atoms with Crippen molar-refractivity contribution in [1.82, 2.24) is 0 Å². The summed E-state index contributed by atoms with van der Waals surface area (Å²) in [4.78, 5) is 42.3. The number of rotatable bonds is 28. The van der Waals surface area contributed by atoms with Gasteiger partial charge in [0, 0.05) is 12.8 Å². The van der Waals surface area contributed by atoms with Gasteiger partial charge in [-0.1, -0.05) is 174 Å². The molecule has 0 spiro atoms. The van der Waals surface area contributed by atoms with Gasteiger partial charge in [-0.3, -0.25) is 32.2 Å². The van der Waals surface area contributed by atoms with E-state index in [1.807, 2.05) is 121 Å². The van der Waals surface area contributed by atoms with E-state index in [0.717, 1.165) is 125 Å². The molecular weight excluding hydrogens is 1400 g/mol. The Labute approximate surface area is 615 Å². The second-order valence-electron chi connectivity index (χ2n) is 32.1. The lowest BCUT2D eigenvalue weighted by Gasteiger charge is -2.62. The fourth-order valence-corrected chi connectivity index (χ4v) is 23.6. The Morgan fingerprint density at radius 2 is 0.757 bits per heavy atom. The van der Waals surface area contributed by atoms with Crippen molar-refractivity contribution in [3.05, 3.63) is 144 Å². The molecule has 20 nitrogen and oxygen atoms in total. The van der Waals surface area contributed by atoms with Crippen molar-refractivity contribution in [2.45, 2.75) is 221 Å². The van der Waals surface area contributed by atoms with Crippen LogP contribution in [-0.4, -0.2) is 86.2 Å². The van der Waals surface area contributed by atoms with E-state index in [1.54, 1.807) is 0 Å². The van der Waals surface area contributed by atoms with Crippen LogP contribution in [0.15, 0.2) is 121 Å². The van der Waals surface area contributed by atoms with E-state index in [2.05, 4.69) is 46.1 Å². The van der Waals surface area contributed by atoms with Gasteiger partial charge in [-0.2, -0.15) is 0 Å². The Balaban J connectivity index is 0.000000180. The molecule has 572 valence electrons. The van der Waals surface area contributed by atoms with E-state index in [0.29, 0.717) is 83.9 Å². The normalized spacial score (nSPS) is 33.6. The number of phosphoric ester groups is 3. The van der Waals surface area contributed by atoms with Crippen molar-refractivity contribution >= 4 is 47.0 Å². The molecule has 0 bridgehead atoms. The molecule has 0 aromatic heterocycles. The monoisotopic (exact) mass is 1510 g/mol. The molecular formula is C79H114ClO20P3. The molecule has 0 unspecified atom stereocenters. The summed E-state index contributed by atoms with van der Waals surface area (Å²) < 4.78 is 83.3. The van der Waals surface area contributed by atoms with Gasteiger partial charge < -0.3 is 39.7 Å². The molecule has 4 aromatic rings. The number of phosphoric acid groups is 3. The largest absolute Gasteiger partial charge is 0.478 e. The zero-order chi connectivity index (χ0) is 73.8. The molecule has 8 aliphatic rings. The molecule has 103 heavy (non-hydrogen) atoms. The predicted molar refractivity (Wildman–Crippen MR) is 390 cm³/mol. The number of aliphatic hydroxyl groups is 4. The van der Waals surface area contributed by atoms with Crippen molar-refractivity contribution in [1.29, 1.82) is 0 Å². The molecule has 6 N–H and O–H groups in total. The van der Waals surface area contributed by atoms with Gasteiger partial charge in [0.25, 0.3) is 0 Å². The third kappa shape index (κ3) is 20.6. The number of alkyl halides is 1. The highest BCUT2D eigenvalue weighted by Crippen LogP contribution is 2.71. The second-order valence-corrected chi connectivity index (χ2v) is 36.9. The Morgan fingerprint density at radius 1 is 0.437 bits per heavy atom. The summed E-state index contributed by atoms with van der Waals surface area (Å²) in [6.07, 6.45) is 17.0. The number of carbonyl (C=O) groups excluding carboxylic acids is 2. The molecule has 12 rings (SSSR count). The van der Waals surface area contributed by atoms with Gasteiger partial charge in [0.05, 0.1) is 50.8 Å². The number of fused-ring (bicyclic) bond motifs is 10. The highest BCUT2D eigenvalue weighted by atomic mass is 35.5. The van der Waals surface area contributed by atoms with E-state index in [1.165, 1.54) is 0 Å². The van der Waals surface area contributed by atoms with Gasteiger partial charge in [-0.25, -0.2) is 22.7 Å². The molecule has 0 heterocycles. The number of esters is 2. The van der Waals surface area contributed by atoms with Gasteiger partial charge in [0.2, 0.25) is 13.6 Å². The lowest BCUT2D eigenvalue weighted by Crippen LogP contribution is -2.58. The Bertz CT molecular complexity index is 3370. The summed E-state index contributed by atoms with van der Waals surface area (Å²) in [6, 6.07) is 37.1. The summed E-state index contributed by atoms with van der Waals surface area (Å²) in [5.41, 5.74) is 4.10. The number of benzene rings is 4. The summed E-state index contributed by atoms with van der Waals surface area (Å²) in [5, 5.41) is 43.5.